The summed E-state index contributed by atoms with van der Waals surface area (Å²) in [5.41, 5.74) is 6.26. The van der Waals surface area contributed by atoms with Crippen LogP contribution in [0, 0.1) is 5.92 Å². The number of nitrogens with one attached hydrogen (secondary N) is 4. The third-order valence-corrected chi connectivity index (χ3v) is 9.91. The minimum atomic E-state index is -0.697. The number of carbonyl (C=O) groups excluding carboxylic acids is 2. The van der Waals surface area contributed by atoms with Crippen LogP contribution < -0.4 is 40.3 Å². The van der Waals surface area contributed by atoms with Gasteiger partial charge in [0.05, 0.1) is 46.2 Å². The lowest BCUT2D eigenvalue weighted by Crippen LogP contribution is -2.45. The summed E-state index contributed by atoms with van der Waals surface area (Å²) in [6.45, 7) is 5.37. The molecule has 0 unspecified atom stereocenters. The number of fused-ring (bicyclic) bond motifs is 6. The average molecular weight is 683 g/mol. The topological polar surface area (TPSA) is 140 Å². The molecule has 6 rings (SSSR count). The zero-order valence-corrected chi connectivity index (χ0v) is 29.7. The Balaban J connectivity index is 1.37. The number of hydrogen-bond donors (Lipinski definition) is 4. The number of rotatable bonds is 10. The molecule has 3 aromatic carbocycles. The standard InChI is InChI=1S/C39H46N4O7/c1-20(2)35(39(46)43-31-10-8-9-25-26-18-23(47-4)12-15-29(26)41-36(25)31)42-30-16-13-24-27(19-32(30)45)28(40-21(3)44)14-11-22-17-33(48-5)37(49-6)38(50-7)34(22)24/h12-13,15-20,28,31,35,41H,8-11,14H2,1-7H3,(H,40,44)(H,42,45)(H,43,46)/t28-,31-,35-/m0/s1. The predicted octanol–water partition coefficient (Wildman–Crippen LogP) is 5.98. The lowest BCUT2D eigenvalue weighted by molar-refractivity contribution is -0.123. The summed E-state index contributed by atoms with van der Waals surface area (Å²) in [5, 5.41) is 10.7. The highest BCUT2D eigenvalue weighted by Crippen LogP contribution is 2.50. The molecule has 0 fully saturated rings. The Bertz CT molecular complexity index is 2000. The van der Waals surface area contributed by atoms with E-state index in [2.05, 4.69) is 20.9 Å². The number of aromatic nitrogens is 1. The van der Waals surface area contributed by atoms with Crippen LogP contribution in [0.3, 0.4) is 0 Å². The van der Waals surface area contributed by atoms with Gasteiger partial charge in [-0.15, -0.1) is 0 Å². The molecule has 1 aromatic heterocycles. The van der Waals surface area contributed by atoms with E-state index in [1.165, 1.54) is 12.5 Å². The van der Waals surface area contributed by atoms with Crippen molar-refractivity contribution < 1.29 is 28.5 Å². The van der Waals surface area contributed by atoms with Crippen molar-refractivity contribution in [3.05, 3.63) is 75.1 Å². The first kappa shape index (κ1) is 34.7. The summed E-state index contributed by atoms with van der Waals surface area (Å²) < 4.78 is 22.7. The number of hydrogen-bond acceptors (Lipinski definition) is 8. The molecule has 4 N–H and O–H groups in total. The van der Waals surface area contributed by atoms with E-state index in [1.54, 1.807) is 40.6 Å². The predicted molar refractivity (Wildman–Crippen MR) is 194 cm³/mol. The molecule has 11 heteroatoms. The number of benzene rings is 2. The van der Waals surface area contributed by atoms with Gasteiger partial charge in [-0.25, -0.2) is 0 Å². The molecule has 0 spiro atoms. The highest BCUT2D eigenvalue weighted by atomic mass is 16.5. The molecule has 264 valence electrons. The maximum atomic E-state index is 14.0. The molecule has 3 atom stereocenters. The summed E-state index contributed by atoms with van der Waals surface area (Å²) in [6.07, 6.45) is 3.79. The fourth-order valence-corrected chi connectivity index (χ4v) is 7.50. The summed E-state index contributed by atoms with van der Waals surface area (Å²) in [4.78, 5) is 43.9. The minimum Gasteiger partial charge on any atom is -0.497 e. The van der Waals surface area contributed by atoms with Crippen molar-refractivity contribution >= 4 is 28.4 Å². The van der Waals surface area contributed by atoms with Gasteiger partial charge >= 0.3 is 0 Å². The lowest BCUT2D eigenvalue weighted by Gasteiger charge is -2.28. The van der Waals surface area contributed by atoms with Crippen LogP contribution in [-0.4, -0.2) is 51.3 Å². The molecule has 2 aliphatic rings. The average Bonchev–Trinajstić information content (AvgIpc) is 3.32. The summed E-state index contributed by atoms with van der Waals surface area (Å²) >= 11 is 0. The first-order valence-corrected chi connectivity index (χ1v) is 17.1. The van der Waals surface area contributed by atoms with Gasteiger partial charge in [-0.3, -0.25) is 14.4 Å². The van der Waals surface area contributed by atoms with Crippen LogP contribution in [-0.2, 0) is 22.4 Å². The van der Waals surface area contributed by atoms with Gasteiger partial charge in [-0.1, -0.05) is 19.9 Å². The zero-order valence-electron chi connectivity index (χ0n) is 29.7. The maximum Gasteiger partial charge on any atom is 0.243 e. The van der Waals surface area contributed by atoms with Crippen molar-refractivity contribution in [3.63, 3.8) is 0 Å². The van der Waals surface area contributed by atoms with Crippen LogP contribution >= 0.6 is 0 Å². The van der Waals surface area contributed by atoms with Gasteiger partial charge < -0.3 is 39.9 Å². The van der Waals surface area contributed by atoms with Gasteiger partial charge in [0.25, 0.3) is 0 Å². The van der Waals surface area contributed by atoms with E-state index in [0.717, 1.165) is 58.3 Å². The van der Waals surface area contributed by atoms with Gasteiger partial charge in [-0.05, 0) is 96.7 Å². The monoisotopic (exact) mass is 682 g/mol. The van der Waals surface area contributed by atoms with Crippen molar-refractivity contribution in [2.24, 2.45) is 5.92 Å². The number of aromatic amines is 1. The molecule has 50 heavy (non-hydrogen) atoms. The molecule has 2 amide bonds. The van der Waals surface area contributed by atoms with E-state index in [4.69, 9.17) is 18.9 Å². The second-order valence-corrected chi connectivity index (χ2v) is 13.3. The molecule has 1 heterocycles. The second-order valence-electron chi connectivity index (χ2n) is 13.3. The van der Waals surface area contributed by atoms with Gasteiger partial charge in [0.2, 0.25) is 23.0 Å². The highest BCUT2D eigenvalue weighted by molar-refractivity contribution is 5.89. The van der Waals surface area contributed by atoms with Crippen molar-refractivity contribution in [2.45, 2.75) is 71.0 Å². The number of amides is 2. The maximum absolute atomic E-state index is 14.0. The van der Waals surface area contributed by atoms with Gasteiger partial charge in [0.1, 0.15) is 11.8 Å². The quantitative estimate of drug-likeness (QED) is 0.160. The van der Waals surface area contributed by atoms with Gasteiger partial charge in [0, 0.05) is 29.1 Å². The van der Waals surface area contributed by atoms with Crippen molar-refractivity contribution in [3.8, 4) is 34.1 Å². The molecule has 2 aliphatic carbocycles. The second kappa shape index (κ2) is 14.3. The molecule has 0 saturated carbocycles. The van der Waals surface area contributed by atoms with Crippen LogP contribution in [0.15, 0.2) is 47.3 Å². The largest absolute Gasteiger partial charge is 0.497 e. The Hall–Kier alpha value is -5.19. The lowest BCUT2D eigenvalue weighted by atomic mass is 9.91. The van der Waals surface area contributed by atoms with Crippen molar-refractivity contribution in [1.29, 1.82) is 0 Å². The molecule has 4 aromatic rings. The summed E-state index contributed by atoms with van der Waals surface area (Å²) in [7, 11) is 6.34. The van der Waals surface area contributed by atoms with E-state index in [1.807, 2.05) is 44.2 Å². The Kier molecular flexibility index (Phi) is 9.95. The SMILES string of the molecule is COc1ccc2[nH]c3c(c2c1)CCC[C@@H]3NC(=O)[C@@H](Nc1ccc2c(cc1=O)[C@@H](NC(C)=O)CCc1cc(OC)c(OC)c(OC)c1-2)C(C)C. The van der Waals surface area contributed by atoms with Crippen LogP contribution in [0.4, 0.5) is 5.69 Å². The normalized spacial score (nSPS) is 17.0. The highest BCUT2D eigenvalue weighted by Gasteiger charge is 2.32. The molecule has 0 aliphatic heterocycles. The molecule has 0 bridgehead atoms. The number of methoxy groups -OCH3 is 4. The van der Waals surface area contributed by atoms with E-state index in [-0.39, 0.29) is 34.9 Å². The molecule has 11 nitrogen and oxygen atoms in total. The van der Waals surface area contributed by atoms with Crippen LogP contribution in [0.2, 0.25) is 0 Å². The molecular formula is C39H46N4O7. The number of anilines is 1. The number of H-pyrrole nitrogens is 1. The van der Waals surface area contributed by atoms with Crippen molar-refractivity contribution in [2.75, 3.05) is 33.8 Å². The van der Waals surface area contributed by atoms with E-state index < -0.39 is 12.1 Å². The number of carbonyl (C=O) groups is 2. The third kappa shape index (κ3) is 6.44. The first-order chi connectivity index (χ1) is 24.1. The Labute approximate surface area is 292 Å². The smallest absolute Gasteiger partial charge is 0.243 e. The Morgan fingerprint density at radius 1 is 0.860 bits per heavy atom. The number of aryl methyl sites for hydroxylation is 2. The van der Waals surface area contributed by atoms with Gasteiger partial charge in [0.15, 0.2) is 11.5 Å². The van der Waals surface area contributed by atoms with Crippen LogP contribution in [0.1, 0.15) is 74.5 Å². The minimum absolute atomic E-state index is 0.141. The molecular weight excluding hydrogens is 636 g/mol. The van der Waals surface area contributed by atoms with E-state index in [9.17, 15) is 14.4 Å². The summed E-state index contributed by atoms with van der Waals surface area (Å²) in [5.74, 6) is 1.68. The summed E-state index contributed by atoms with van der Waals surface area (Å²) in [6, 6.07) is 11.7. The molecule has 0 saturated heterocycles. The van der Waals surface area contributed by atoms with E-state index in [0.29, 0.717) is 35.7 Å². The van der Waals surface area contributed by atoms with Crippen LogP contribution in [0.5, 0.6) is 23.0 Å². The molecule has 0 radical (unpaired) electrons. The zero-order chi connectivity index (χ0) is 35.7. The van der Waals surface area contributed by atoms with Crippen LogP contribution in [0.25, 0.3) is 22.0 Å². The van der Waals surface area contributed by atoms with Crippen molar-refractivity contribution in [1.82, 2.24) is 15.6 Å². The fraction of sp³-hybridized carbons (Fsp3) is 0.410. The fourth-order valence-electron chi connectivity index (χ4n) is 7.50. The Morgan fingerprint density at radius 3 is 2.32 bits per heavy atom. The first-order valence-electron chi connectivity index (χ1n) is 17.1. The van der Waals surface area contributed by atoms with Gasteiger partial charge in [-0.2, -0.15) is 0 Å². The Morgan fingerprint density at radius 2 is 1.64 bits per heavy atom. The third-order valence-electron chi connectivity index (χ3n) is 9.91. The van der Waals surface area contributed by atoms with E-state index >= 15 is 0 Å². The number of ether oxygens (including phenoxy) is 4.